The van der Waals surface area contributed by atoms with Gasteiger partial charge in [0.2, 0.25) is 11.8 Å². The van der Waals surface area contributed by atoms with E-state index in [1.807, 2.05) is 35.2 Å². The first-order chi connectivity index (χ1) is 15.6. The Balaban J connectivity index is 1.50. The Hall–Kier alpha value is -3.24. The summed E-state index contributed by atoms with van der Waals surface area (Å²) in [7, 11) is 0. The van der Waals surface area contributed by atoms with E-state index in [0.717, 1.165) is 37.3 Å². The minimum absolute atomic E-state index is 0.0183. The van der Waals surface area contributed by atoms with Gasteiger partial charge < -0.3 is 9.80 Å². The number of para-hydroxylation sites is 1. The predicted molar refractivity (Wildman–Crippen MR) is 121 cm³/mol. The first-order valence-electron chi connectivity index (χ1n) is 11.0. The normalized spacial score (nSPS) is 14.4. The van der Waals surface area contributed by atoms with Gasteiger partial charge in [-0.3, -0.25) is 14.5 Å². The van der Waals surface area contributed by atoms with Crippen molar-refractivity contribution < 1.29 is 14.0 Å². The molecule has 0 aliphatic carbocycles. The molecule has 168 valence electrons. The van der Waals surface area contributed by atoms with Gasteiger partial charge in [-0.1, -0.05) is 30.3 Å². The van der Waals surface area contributed by atoms with Gasteiger partial charge in [-0.05, 0) is 36.2 Å². The number of hydrogen-bond donors (Lipinski definition) is 0. The highest BCUT2D eigenvalue weighted by Crippen LogP contribution is 2.17. The van der Waals surface area contributed by atoms with Crippen LogP contribution in [0.25, 0.3) is 0 Å². The number of carbonyl (C=O) groups excluding carboxylic acids is 2. The van der Waals surface area contributed by atoms with Crippen LogP contribution in [-0.4, -0.2) is 54.3 Å². The fraction of sp³-hybridized carbons (Fsp3) is 0.400. The van der Waals surface area contributed by atoms with Crippen molar-refractivity contribution in [3.8, 4) is 6.07 Å². The van der Waals surface area contributed by atoms with E-state index in [0.29, 0.717) is 19.6 Å². The van der Waals surface area contributed by atoms with Crippen LogP contribution in [0, 0.1) is 17.1 Å². The summed E-state index contributed by atoms with van der Waals surface area (Å²) in [5, 5.41) is 8.92. The minimum Gasteiger partial charge on any atom is -0.341 e. The summed E-state index contributed by atoms with van der Waals surface area (Å²) in [5.74, 6) is -0.405. The number of hydrogen-bond acceptors (Lipinski definition) is 4. The van der Waals surface area contributed by atoms with Gasteiger partial charge in [0.25, 0.3) is 0 Å². The molecule has 1 fully saturated rings. The maximum atomic E-state index is 13.1. The topological polar surface area (TPSA) is 67.6 Å². The van der Waals surface area contributed by atoms with Crippen molar-refractivity contribution in [1.29, 1.82) is 5.26 Å². The van der Waals surface area contributed by atoms with Crippen molar-refractivity contribution in [3.63, 3.8) is 0 Å². The van der Waals surface area contributed by atoms with E-state index in [1.165, 1.54) is 12.1 Å². The van der Waals surface area contributed by atoms with E-state index in [2.05, 4.69) is 11.0 Å². The third-order valence-corrected chi connectivity index (χ3v) is 5.63. The molecule has 1 aliphatic rings. The first kappa shape index (κ1) is 23.4. The van der Waals surface area contributed by atoms with Crippen molar-refractivity contribution in [2.24, 2.45) is 0 Å². The Morgan fingerprint density at radius 3 is 2.44 bits per heavy atom. The minimum atomic E-state index is -0.241. The van der Waals surface area contributed by atoms with Crippen molar-refractivity contribution >= 4 is 17.5 Å². The van der Waals surface area contributed by atoms with E-state index < -0.39 is 0 Å². The van der Waals surface area contributed by atoms with Crippen LogP contribution in [0.3, 0.4) is 0 Å². The number of benzene rings is 2. The molecule has 0 aromatic heterocycles. The number of nitrogens with zero attached hydrogens (tertiary/aromatic N) is 4. The largest absolute Gasteiger partial charge is 0.341 e. The number of anilines is 1. The summed E-state index contributed by atoms with van der Waals surface area (Å²) in [6, 6.07) is 17.8. The Labute approximate surface area is 188 Å². The molecule has 1 heterocycles. The summed E-state index contributed by atoms with van der Waals surface area (Å²) in [4.78, 5) is 31.3. The zero-order valence-corrected chi connectivity index (χ0v) is 18.3. The molecular formula is C25H29FN4O2. The molecule has 2 aromatic rings. The Bertz CT molecular complexity index is 927. The summed E-state index contributed by atoms with van der Waals surface area (Å²) in [6.45, 7) is 3.95. The molecule has 0 saturated carbocycles. The summed E-state index contributed by atoms with van der Waals surface area (Å²) < 4.78 is 13.1. The Morgan fingerprint density at radius 1 is 0.969 bits per heavy atom. The molecule has 6 nitrogen and oxygen atoms in total. The molecule has 1 saturated heterocycles. The van der Waals surface area contributed by atoms with Crippen LogP contribution in [-0.2, 0) is 16.1 Å². The molecule has 0 bridgehead atoms. The summed E-state index contributed by atoms with van der Waals surface area (Å²) in [5.41, 5.74) is 1.79. The van der Waals surface area contributed by atoms with Gasteiger partial charge in [-0.25, -0.2) is 4.39 Å². The van der Waals surface area contributed by atoms with Crippen molar-refractivity contribution in [2.45, 2.75) is 32.2 Å². The number of amides is 2. The van der Waals surface area contributed by atoms with Crippen LogP contribution >= 0.6 is 0 Å². The number of carbonyl (C=O) groups is 2. The zero-order valence-electron chi connectivity index (χ0n) is 18.3. The highest BCUT2D eigenvalue weighted by molar-refractivity contribution is 5.95. The maximum Gasteiger partial charge on any atom is 0.227 e. The molecule has 0 unspecified atom stereocenters. The van der Waals surface area contributed by atoms with Crippen molar-refractivity contribution in [3.05, 3.63) is 66.0 Å². The quantitative estimate of drug-likeness (QED) is 0.634. The standard InChI is InChI=1S/C25H29FN4O2/c26-22-10-8-21(9-11-22)20-28-15-5-16-29(19-18-28)24(31)12-13-25(32)30(17-4-14-27)23-6-2-1-3-7-23/h1-3,6-11H,4-5,12-13,15-20H2. The highest BCUT2D eigenvalue weighted by Gasteiger charge is 2.22. The molecular weight excluding hydrogens is 407 g/mol. The van der Waals surface area contributed by atoms with Gasteiger partial charge in [0, 0.05) is 57.8 Å². The molecule has 0 N–H and O–H groups in total. The second-order valence-electron chi connectivity index (χ2n) is 7.93. The van der Waals surface area contributed by atoms with Gasteiger partial charge in [-0.15, -0.1) is 0 Å². The average Bonchev–Trinajstić information content (AvgIpc) is 3.05. The lowest BCUT2D eigenvalue weighted by Crippen LogP contribution is -2.37. The van der Waals surface area contributed by atoms with Crippen LogP contribution in [0.2, 0.25) is 0 Å². The van der Waals surface area contributed by atoms with Gasteiger partial charge in [0.15, 0.2) is 0 Å². The van der Waals surface area contributed by atoms with Gasteiger partial charge in [0.05, 0.1) is 12.5 Å². The van der Waals surface area contributed by atoms with Crippen LogP contribution in [0.5, 0.6) is 0 Å². The maximum absolute atomic E-state index is 13.1. The molecule has 32 heavy (non-hydrogen) atoms. The SMILES string of the molecule is N#CCCN(C(=O)CCC(=O)N1CCCN(Cc2ccc(F)cc2)CC1)c1ccccc1. The molecule has 2 amide bonds. The third kappa shape index (κ3) is 6.89. The highest BCUT2D eigenvalue weighted by atomic mass is 19.1. The molecule has 0 atom stereocenters. The second-order valence-corrected chi connectivity index (χ2v) is 7.93. The molecule has 2 aromatic carbocycles. The lowest BCUT2D eigenvalue weighted by molar-refractivity contribution is -0.133. The molecule has 3 rings (SSSR count). The third-order valence-electron chi connectivity index (χ3n) is 5.63. The van der Waals surface area contributed by atoms with E-state index in [4.69, 9.17) is 5.26 Å². The summed E-state index contributed by atoms with van der Waals surface area (Å²) >= 11 is 0. The number of halogens is 1. The Morgan fingerprint density at radius 2 is 1.72 bits per heavy atom. The fourth-order valence-corrected chi connectivity index (χ4v) is 3.90. The summed E-state index contributed by atoms with van der Waals surface area (Å²) in [6.07, 6.45) is 1.38. The van der Waals surface area contributed by atoms with E-state index in [9.17, 15) is 14.0 Å². The van der Waals surface area contributed by atoms with E-state index >= 15 is 0 Å². The van der Waals surface area contributed by atoms with Crippen LogP contribution in [0.4, 0.5) is 10.1 Å². The fourth-order valence-electron chi connectivity index (χ4n) is 3.90. The Kier molecular flexibility index (Phi) is 8.76. The van der Waals surface area contributed by atoms with Crippen LogP contribution < -0.4 is 4.90 Å². The van der Waals surface area contributed by atoms with Gasteiger partial charge in [0.1, 0.15) is 5.82 Å². The van der Waals surface area contributed by atoms with Crippen LogP contribution in [0.1, 0.15) is 31.2 Å². The predicted octanol–water partition coefficient (Wildman–Crippen LogP) is 3.59. The van der Waals surface area contributed by atoms with Gasteiger partial charge in [-0.2, -0.15) is 5.26 Å². The molecule has 0 radical (unpaired) electrons. The zero-order chi connectivity index (χ0) is 22.8. The monoisotopic (exact) mass is 436 g/mol. The molecule has 7 heteroatoms. The number of nitriles is 1. The first-order valence-corrected chi connectivity index (χ1v) is 11.0. The number of rotatable bonds is 8. The molecule has 0 spiro atoms. The average molecular weight is 437 g/mol. The van der Waals surface area contributed by atoms with E-state index in [1.54, 1.807) is 17.0 Å². The second kappa shape index (κ2) is 12.0. The smallest absolute Gasteiger partial charge is 0.227 e. The van der Waals surface area contributed by atoms with Gasteiger partial charge >= 0.3 is 0 Å². The van der Waals surface area contributed by atoms with Crippen molar-refractivity contribution in [2.75, 3.05) is 37.6 Å². The lowest BCUT2D eigenvalue weighted by atomic mass is 10.2. The molecule has 1 aliphatic heterocycles. The van der Waals surface area contributed by atoms with Crippen LogP contribution in [0.15, 0.2) is 54.6 Å². The van der Waals surface area contributed by atoms with Crippen molar-refractivity contribution in [1.82, 2.24) is 9.80 Å². The van der Waals surface area contributed by atoms with E-state index in [-0.39, 0.29) is 36.9 Å². The lowest BCUT2D eigenvalue weighted by Gasteiger charge is -2.24.